The number of carbonyl (C=O) groups is 1. The van der Waals surface area contributed by atoms with E-state index in [9.17, 15) is 23.2 Å². The molecule has 1 fully saturated rings. The number of carbonyl (C=O) groups excluding carboxylic acids is 1. The van der Waals surface area contributed by atoms with Crippen LogP contribution in [0.15, 0.2) is 48.9 Å². The van der Waals surface area contributed by atoms with Crippen molar-refractivity contribution in [2.45, 2.75) is 19.1 Å². The predicted molar refractivity (Wildman–Crippen MR) is 137 cm³/mol. The summed E-state index contributed by atoms with van der Waals surface area (Å²) in [6.45, 7) is 3.45. The number of benzene rings is 1. The molecule has 4 heterocycles. The second-order valence-corrected chi connectivity index (χ2v) is 9.10. The first-order valence-corrected chi connectivity index (χ1v) is 12.2. The lowest BCUT2D eigenvalue weighted by Crippen LogP contribution is -2.34. The standard InChI is InChI=1S/C25H24F4N8O3/c26-19-10-15(2-3-20(19)33-24(38)34-21-11-16(25(27,28)29)4-6-36(21)39)18-12-17(13-35-5-1-8-40-9-7-35)37-22(18)23(30)31-14-32-37/h2-4,6,10-12,14H,1,5,7-9,13H2,(H2,30,31,32)(H2,33,34,38). The summed E-state index contributed by atoms with van der Waals surface area (Å²) in [6.07, 6.45) is -1.88. The number of alkyl halides is 3. The summed E-state index contributed by atoms with van der Waals surface area (Å²) >= 11 is 0. The quantitative estimate of drug-likeness (QED) is 0.193. The number of hydrogen-bond donors (Lipinski definition) is 3. The number of pyridine rings is 1. The molecule has 0 unspecified atom stereocenters. The Morgan fingerprint density at radius 1 is 1.15 bits per heavy atom. The summed E-state index contributed by atoms with van der Waals surface area (Å²) in [7, 11) is 0. The normalized spacial score (nSPS) is 14.7. The number of urea groups is 1. The molecule has 1 aliphatic heterocycles. The summed E-state index contributed by atoms with van der Waals surface area (Å²) in [6, 6.07) is 5.81. The van der Waals surface area contributed by atoms with Gasteiger partial charge in [0.1, 0.15) is 17.7 Å². The Hall–Kier alpha value is -4.50. The number of nitrogens with two attached hydrogens (primary N) is 1. The highest BCUT2D eigenvalue weighted by molar-refractivity contribution is 5.99. The van der Waals surface area contributed by atoms with Crippen LogP contribution >= 0.6 is 0 Å². The van der Waals surface area contributed by atoms with E-state index in [4.69, 9.17) is 10.5 Å². The van der Waals surface area contributed by atoms with Crippen LogP contribution in [0.5, 0.6) is 0 Å². The molecule has 3 aromatic heterocycles. The maximum Gasteiger partial charge on any atom is 0.416 e. The third kappa shape index (κ3) is 5.74. The van der Waals surface area contributed by atoms with Crippen LogP contribution in [0.1, 0.15) is 17.7 Å². The summed E-state index contributed by atoms with van der Waals surface area (Å²) < 4.78 is 61.2. The molecule has 11 nitrogen and oxygen atoms in total. The number of rotatable bonds is 5. The number of amides is 2. The molecule has 40 heavy (non-hydrogen) atoms. The molecule has 0 radical (unpaired) electrons. The van der Waals surface area contributed by atoms with E-state index in [1.54, 1.807) is 10.6 Å². The first kappa shape index (κ1) is 27.1. The fourth-order valence-electron chi connectivity index (χ4n) is 4.46. The lowest BCUT2D eigenvalue weighted by molar-refractivity contribution is -0.590. The van der Waals surface area contributed by atoms with Gasteiger partial charge in [-0.25, -0.2) is 23.4 Å². The SMILES string of the molecule is Nc1ncnn2c(CN3CCCOCC3)cc(-c3ccc(NC(=O)Nc4cc(C(F)(F)F)cc[n+]4[O-])c(F)c3)c12. The molecule has 4 aromatic rings. The van der Waals surface area contributed by atoms with Crippen LogP contribution in [0.4, 0.5) is 39.7 Å². The van der Waals surface area contributed by atoms with Crippen LogP contribution in [-0.4, -0.2) is 51.8 Å². The summed E-state index contributed by atoms with van der Waals surface area (Å²) in [5.74, 6) is -1.30. The van der Waals surface area contributed by atoms with Gasteiger partial charge in [0.15, 0.2) is 5.82 Å². The molecule has 1 aromatic carbocycles. The first-order chi connectivity index (χ1) is 19.1. The fourth-order valence-corrected chi connectivity index (χ4v) is 4.46. The minimum absolute atomic E-state index is 0.0508. The van der Waals surface area contributed by atoms with Crippen LogP contribution in [0.3, 0.4) is 0 Å². The molecule has 0 aliphatic carbocycles. The number of aromatic nitrogens is 4. The minimum atomic E-state index is -4.72. The maximum absolute atomic E-state index is 15.1. The number of anilines is 3. The van der Waals surface area contributed by atoms with Crippen molar-refractivity contribution < 1.29 is 31.8 Å². The molecular weight excluding hydrogens is 536 g/mol. The van der Waals surface area contributed by atoms with Crippen molar-refractivity contribution in [3.05, 3.63) is 71.2 Å². The highest BCUT2D eigenvalue weighted by Gasteiger charge is 2.32. The third-order valence-electron chi connectivity index (χ3n) is 6.37. The van der Waals surface area contributed by atoms with Gasteiger partial charge in [0.2, 0.25) is 0 Å². The molecule has 1 saturated heterocycles. The fraction of sp³-hybridized carbons (Fsp3) is 0.280. The van der Waals surface area contributed by atoms with Crippen molar-refractivity contribution in [1.82, 2.24) is 19.5 Å². The van der Waals surface area contributed by atoms with E-state index >= 15 is 4.39 Å². The molecule has 210 valence electrons. The van der Waals surface area contributed by atoms with Gasteiger partial charge in [0.25, 0.3) is 5.82 Å². The molecule has 5 rings (SSSR count). The molecular formula is C25H24F4N8O3. The molecule has 0 atom stereocenters. The number of fused-ring (bicyclic) bond motifs is 1. The second kappa shape index (κ2) is 10.9. The average Bonchev–Trinajstić information content (AvgIpc) is 3.07. The Bertz CT molecular complexity index is 1550. The van der Waals surface area contributed by atoms with E-state index in [1.165, 1.54) is 18.5 Å². The van der Waals surface area contributed by atoms with Crippen molar-refractivity contribution in [1.29, 1.82) is 0 Å². The Morgan fingerprint density at radius 2 is 1.98 bits per heavy atom. The monoisotopic (exact) mass is 560 g/mol. The summed E-state index contributed by atoms with van der Waals surface area (Å²) in [4.78, 5) is 18.7. The molecule has 0 saturated carbocycles. The van der Waals surface area contributed by atoms with E-state index in [-0.39, 0.29) is 16.2 Å². The lowest BCUT2D eigenvalue weighted by Gasteiger charge is -2.18. The summed E-state index contributed by atoms with van der Waals surface area (Å²) in [5.41, 5.74) is 7.09. The largest absolute Gasteiger partial charge is 0.711 e. The summed E-state index contributed by atoms with van der Waals surface area (Å²) in [5, 5.41) is 20.4. The number of halogens is 4. The van der Waals surface area contributed by atoms with Gasteiger partial charge in [-0.3, -0.25) is 10.2 Å². The van der Waals surface area contributed by atoms with E-state index in [0.717, 1.165) is 25.2 Å². The van der Waals surface area contributed by atoms with E-state index in [0.29, 0.717) is 54.7 Å². The zero-order valence-corrected chi connectivity index (χ0v) is 20.9. The van der Waals surface area contributed by atoms with Crippen LogP contribution in [-0.2, 0) is 17.5 Å². The van der Waals surface area contributed by atoms with Crippen molar-refractivity contribution >= 4 is 28.9 Å². The maximum atomic E-state index is 15.1. The number of nitrogen functional groups attached to an aromatic ring is 1. The van der Waals surface area contributed by atoms with Crippen LogP contribution in [0.25, 0.3) is 16.6 Å². The highest BCUT2D eigenvalue weighted by atomic mass is 19.4. The van der Waals surface area contributed by atoms with Crippen molar-refractivity contribution in [2.75, 3.05) is 42.7 Å². The number of ether oxygens (including phenoxy) is 1. The molecule has 1 aliphatic rings. The Kier molecular flexibility index (Phi) is 7.40. The zero-order chi connectivity index (χ0) is 28.4. The van der Waals surface area contributed by atoms with E-state index in [2.05, 4.69) is 20.3 Å². The Balaban J connectivity index is 1.38. The van der Waals surface area contributed by atoms with Crippen molar-refractivity contribution in [2.24, 2.45) is 0 Å². The number of nitrogens with zero attached hydrogens (tertiary/aromatic N) is 5. The van der Waals surface area contributed by atoms with Gasteiger partial charge in [-0.2, -0.15) is 23.6 Å². The highest BCUT2D eigenvalue weighted by Crippen LogP contribution is 2.33. The van der Waals surface area contributed by atoms with Gasteiger partial charge in [-0.1, -0.05) is 6.07 Å². The molecule has 0 spiro atoms. The lowest BCUT2D eigenvalue weighted by atomic mass is 10.1. The van der Waals surface area contributed by atoms with Gasteiger partial charge in [-0.05, 0) is 36.2 Å². The van der Waals surface area contributed by atoms with E-state index in [1.807, 2.05) is 11.4 Å². The van der Waals surface area contributed by atoms with Gasteiger partial charge in [0.05, 0.1) is 29.7 Å². The van der Waals surface area contributed by atoms with Gasteiger partial charge in [-0.15, -0.1) is 0 Å². The van der Waals surface area contributed by atoms with Crippen LogP contribution < -0.4 is 21.1 Å². The van der Waals surface area contributed by atoms with Crippen LogP contribution in [0.2, 0.25) is 0 Å². The minimum Gasteiger partial charge on any atom is -0.711 e. The molecule has 0 bridgehead atoms. The van der Waals surface area contributed by atoms with Crippen LogP contribution in [0, 0.1) is 11.0 Å². The Labute approximate surface area is 224 Å². The number of hydrogen-bond acceptors (Lipinski definition) is 7. The average molecular weight is 561 g/mol. The molecule has 15 heteroatoms. The molecule has 2 amide bonds. The predicted octanol–water partition coefficient (Wildman–Crippen LogP) is 3.64. The smallest absolute Gasteiger partial charge is 0.416 e. The van der Waals surface area contributed by atoms with Crippen molar-refractivity contribution in [3.8, 4) is 11.1 Å². The topological polar surface area (TPSA) is 137 Å². The van der Waals surface area contributed by atoms with Gasteiger partial charge < -0.3 is 15.7 Å². The number of nitrogens with one attached hydrogen (secondary N) is 2. The second-order valence-electron chi connectivity index (χ2n) is 9.10. The van der Waals surface area contributed by atoms with Gasteiger partial charge in [0, 0.05) is 37.9 Å². The third-order valence-corrected chi connectivity index (χ3v) is 6.37. The molecule has 4 N–H and O–H groups in total. The van der Waals surface area contributed by atoms with E-state index < -0.39 is 29.4 Å². The zero-order valence-electron chi connectivity index (χ0n) is 20.9. The van der Waals surface area contributed by atoms with Gasteiger partial charge >= 0.3 is 12.2 Å². The van der Waals surface area contributed by atoms with Crippen molar-refractivity contribution in [3.63, 3.8) is 0 Å². The first-order valence-electron chi connectivity index (χ1n) is 12.2. The Morgan fingerprint density at radius 3 is 2.75 bits per heavy atom.